The van der Waals surface area contributed by atoms with E-state index in [0.29, 0.717) is 6.42 Å². The van der Waals surface area contributed by atoms with Gasteiger partial charge in [-0.3, -0.25) is 9.69 Å². The van der Waals surface area contributed by atoms with Crippen molar-refractivity contribution in [2.45, 2.75) is 25.7 Å². The quantitative estimate of drug-likeness (QED) is 0.638. The molecular formula is C21H27N5O5S. The van der Waals surface area contributed by atoms with Crippen LogP contribution in [0.3, 0.4) is 0 Å². The summed E-state index contributed by atoms with van der Waals surface area (Å²) >= 11 is 1.78. The van der Waals surface area contributed by atoms with E-state index in [9.17, 15) is 4.79 Å². The van der Waals surface area contributed by atoms with Crippen molar-refractivity contribution in [1.29, 1.82) is 0 Å². The highest BCUT2D eigenvalue weighted by Crippen LogP contribution is 2.31. The first kappa shape index (κ1) is 23.6. The highest BCUT2D eigenvalue weighted by atomic mass is 32.1. The molecule has 2 aliphatic heterocycles. The number of carboxylic acid groups (broad SMARTS) is 2. The Bertz CT molecular complexity index is 902. The number of carboxylic acids is 2. The van der Waals surface area contributed by atoms with Gasteiger partial charge in [0, 0.05) is 56.4 Å². The molecule has 172 valence electrons. The van der Waals surface area contributed by atoms with Crippen molar-refractivity contribution in [3.63, 3.8) is 0 Å². The van der Waals surface area contributed by atoms with E-state index in [1.54, 1.807) is 23.7 Å². The van der Waals surface area contributed by atoms with Gasteiger partial charge in [0.1, 0.15) is 0 Å². The minimum atomic E-state index is -1.82. The third-order valence-electron chi connectivity index (χ3n) is 5.35. The molecule has 0 radical (unpaired) electrons. The van der Waals surface area contributed by atoms with Crippen LogP contribution in [0.15, 0.2) is 29.9 Å². The number of rotatable bonds is 5. The number of fused-ring (bicyclic) bond motifs is 1. The first-order valence-electron chi connectivity index (χ1n) is 10.5. The third-order valence-corrected chi connectivity index (χ3v) is 6.32. The molecule has 1 saturated heterocycles. The summed E-state index contributed by atoms with van der Waals surface area (Å²) in [5, 5.41) is 16.9. The standard InChI is InChI=1S/C19H25N5OS.C2H2O4/c25-18-5-1-4-17-16(6-15-26-17)24(18)10-3-9-22-11-13-23(14-12-22)19-20-7-2-8-21-19;3-1(4)2(5)6/h2,6-8,15H,1,3-5,9-14H2;(H,3,4)(H,5,6). The molecule has 32 heavy (non-hydrogen) atoms. The maximum atomic E-state index is 12.5. The number of aliphatic carboxylic acids is 2. The van der Waals surface area contributed by atoms with Crippen LogP contribution in [0.1, 0.15) is 24.1 Å². The molecule has 4 rings (SSSR count). The number of nitrogens with zero attached hydrogens (tertiary/aromatic N) is 5. The predicted molar refractivity (Wildman–Crippen MR) is 120 cm³/mol. The van der Waals surface area contributed by atoms with Crippen LogP contribution in [0, 0.1) is 0 Å². The van der Waals surface area contributed by atoms with Gasteiger partial charge in [-0.15, -0.1) is 11.3 Å². The number of carbonyl (C=O) groups excluding carboxylic acids is 1. The molecule has 1 fully saturated rings. The zero-order valence-electron chi connectivity index (χ0n) is 17.7. The van der Waals surface area contributed by atoms with Gasteiger partial charge in [0.15, 0.2) is 0 Å². The topological polar surface area (TPSA) is 127 Å². The van der Waals surface area contributed by atoms with E-state index < -0.39 is 11.9 Å². The first-order chi connectivity index (χ1) is 15.5. The average Bonchev–Trinajstić information content (AvgIpc) is 3.20. The molecule has 4 heterocycles. The van der Waals surface area contributed by atoms with Crippen LogP contribution in [-0.2, 0) is 20.8 Å². The number of amides is 1. The van der Waals surface area contributed by atoms with Crippen molar-refractivity contribution in [3.05, 3.63) is 34.8 Å². The molecule has 11 heteroatoms. The summed E-state index contributed by atoms with van der Waals surface area (Å²) in [6.07, 6.45) is 7.31. The van der Waals surface area contributed by atoms with E-state index in [4.69, 9.17) is 19.8 Å². The Morgan fingerprint density at radius 3 is 2.34 bits per heavy atom. The third kappa shape index (κ3) is 6.47. The summed E-state index contributed by atoms with van der Waals surface area (Å²) in [5.74, 6) is -2.54. The number of aryl methyl sites for hydroxylation is 1. The molecule has 0 aromatic carbocycles. The molecule has 0 saturated carbocycles. The van der Waals surface area contributed by atoms with Crippen LogP contribution in [0.25, 0.3) is 0 Å². The van der Waals surface area contributed by atoms with Crippen molar-refractivity contribution < 1.29 is 24.6 Å². The molecule has 0 spiro atoms. The Hall–Kier alpha value is -3.05. The molecule has 2 N–H and O–H groups in total. The average molecular weight is 462 g/mol. The number of anilines is 2. The number of thiophene rings is 1. The predicted octanol–water partition coefficient (Wildman–Crippen LogP) is 1.58. The highest BCUT2D eigenvalue weighted by molar-refractivity contribution is 7.10. The van der Waals surface area contributed by atoms with Crippen molar-refractivity contribution in [1.82, 2.24) is 14.9 Å². The Balaban J connectivity index is 0.000000427. The molecule has 2 aromatic rings. The van der Waals surface area contributed by atoms with Crippen molar-refractivity contribution >= 4 is 40.8 Å². The van der Waals surface area contributed by atoms with E-state index in [0.717, 1.165) is 70.2 Å². The minimum Gasteiger partial charge on any atom is -0.473 e. The van der Waals surface area contributed by atoms with Gasteiger partial charge in [-0.2, -0.15) is 0 Å². The van der Waals surface area contributed by atoms with Gasteiger partial charge < -0.3 is 20.0 Å². The monoisotopic (exact) mass is 461 g/mol. The molecule has 2 aliphatic rings. The SMILES string of the molecule is O=C(O)C(=O)O.O=C1CCCc2sccc2N1CCCN1CCN(c2ncccn2)CC1. The zero-order valence-corrected chi connectivity index (χ0v) is 18.5. The number of hydrogen-bond acceptors (Lipinski definition) is 8. The second kappa shape index (κ2) is 11.5. The molecule has 0 aliphatic carbocycles. The maximum Gasteiger partial charge on any atom is 0.414 e. The van der Waals surface area contributed by atoms with Crippen LogP contribution in [0.5, 0.6) is 0 Å². The molecule has 2 aromatic heterocycles. The summed E-state index contributed by atoms with van der Waals surface area (Å²) in [7, 11) is 0. The van der Waals surface area contributed by atoms with E-state index in [-0.39, 0.29) is 5.91 Å². The molecule has 0 bridgehead atoms. The molecule has 0 atom stereocenters. The number of aromatic nitrogens is 2. The van der Waals surface area contributed by atoms with Gasteiger partial charge in [-0.05, 0) is 43.3 Å². The Morgan fingerprint density at radius 1 is 1.00 bits per heavy atom. The van der Waals surface area contributed by atoms with Crippen molar-refractivity contribution in [2.24, 2.45) is 0 Å². The fourth-order valence-electron chi connectivity index (χ4n) is 3.75. The lowest BCUT2D eigenvalue weighted by Crippen LogP contribution is -2.47. The van der Waals surface area contributed by atoms with Crippen LogP contribution in [0.4, 0.5) is 11.6 Å². The second-order valence-electron chi connectivity index (χ2n) is 7.47. The van der Waals surface area contributed by atoms with Gasteiger partial charge in [0.2, 0.25) is 11.9 Å². The molecular weight excluding hydrogens is 434 g/mol. The van der Waals surface area contributed by atoms with E-state index in [1.165, 1.54) is 4.88 Å². The largest absolute Gasteiger partial charge is 0.473 e. The fraction of sp³-hybridized carbons (Fsp3) is 0.476. The lowest BCUT2D eigenvalue weighted by Gasteiger charge is -2.35. The summed E-state index contributed by atoms with van der Waals surface area (Å²) in [4.78, 5) is 47.4. The first-order valence-corrected chi connectivity index (χ1v) is 11.4. The normalized spacial score (nSPS) is 16.6. The van der Waals surface area contributed by atoms with Crippen molar-refractivity contribution in [2.75, 3.05) is 49.1 Å². The maximum absolute atomic E-state index is 12.5. The summed E-state index contributed by atoms with van der Waals surface area (Å²) in [6.45, 7) is 5.83. The second-order valence-corrected chi connectivity index (χ2v) is 8.47. The molecule has 1 amide bonds. The van der Waals surface area contributed by atoms with Gasteiger partial charge in [-0.25, -0.2) is 19.6 Å². The van der Waals surface area contributed by atoms with Gasteiger partial charge in [-0.1, -0.05) is 0 Å². The van der Waals surface area contributed by atoms with E-state index in [1.807, 2.05) is 11.0 Å². The summed E-state index contributed by atoms with van der Waals surface area (Å²) < 4.78 is 0. The van der Waals surface area contributed by atoms with Crippen LogP contribution in [0.2, 0.25) is 0 Å². The van der Waals surface area contributed by atoms with Crippen molar-refractivity contribution in [3.8, 4) is 0 Å². The van der Waals surface area contributed by atoms with Crippen LogP contribution in [-0.4, -0.2) is 82.2 Å². The van der Waals surface area contributed by atoms with Crippen LogP contribution >= 0.6 is 11.3 Å². The van der Waals surface area contributed by atoms with Gasteiger partial charge in [0.25, 0.3) is 0 Å². The zero-order chi connectivity index (χ0) is 22.9. The smallest absolute Gasteiger partial charge is 0.414 e. The Morgan fingerprint density at radius 2 is 1.69 bits per heavy atom. The summed E-state index contributed by atoms with van der Waals surface area (Å²) in [5.41, 5.74) is 1.16. The lowest BCUT2D eigenvalue weighted by molar-refractivity contribution is -0.159. The van der Waals surface area contributed by atoms with E-state index in [2.05, 4.69) is 31.2 Å². The minimum absolute atomic E-state index is 0.285. The number of hydrogen-bond donors (Lipinski definition) is 2. The van der Waals surface area contributed by atoms with E-state index >= 15 is 0 Å². The fourth-order valence-corrected chi connectivity index (χ4v) is 4.68. The number of carbonyl (C=O) groups is 3. The molecule has 0 unspecified atom stereocenters. The lowest BCUT2D eigenvalue weighted by atomic mass is 10.2. The van der Waals surface area contributed by atoms with Gasteiger partial charge in [0.05, 0.1) is 5.69 Å². The Kier molecular flexibility index (Phi) is 8.51. The Labute approximate surface area is 190 Å². The summed E-state index contributed by atoms with van der Waals surface area (Å²) in [6, 6.07) is 3.96. The molecule has 10 nitrogen and oxygen atoms in total. The van der Waals surface area contributed by atoms with Gasteiger partial charge >= 0.3 is 11.9 Å². The number of piperazine rings is 1. The highest BCUT2D eigenvalue weighted by Gasteiger charge is 2.23. The van der Waals surface area contributed by atoms with Crippen LogP contribution < -0.4 is 9.80 Å².